The molecule has 5 aliphatic rings. The summed E-state index contributed by atoms with van der Waals surface area (Å²) in [6.07, 6.45) is 5.34. The fourth-order valence-electron chi connectivity index (χ4n) is 6.84. The molecule has 0 unspecified atom stereocenters. The van der Waals surface area contributed by atoms with Crippen LogP contribution in [0.3, 0.4) is 0 Å². The van der Waals surface area contributed by atoms with Crippen LogP contribution in [0.25, 0.3) is 11.1 Å². The van der Waals surface area contributed by atoms with Crippen molar-refractivity contribution in [3.63, 3.8) is 0 Å². The van der Waals surface area contributed by atoms with E-state index < -0.39 is 29.9 Å². The molecule has 9 rings (SSSR count). The maximum absolute atomic E-state index is 14.6. The number of benzene rings is 4. The molecule has 9 heteroatoms. The monoisotopic (exact) mass is 656 g/mol. The van der Waals surface area contributed by atoms with Gasteiger partial charge in [0.2, 0.25) is 19.7 Å². The van der Waals surface area contributed by atoms with Gasteiger partial charge in [0.15, 0.2) is 0 Å². The summed E-state index contributed by atoms with van der Waals surface area (Å²) in [7, 11) is -9.15. The lowest BCUT2D eigenvalue weighted by molar-refractivity contribution is 0.156. The maximum Gasteiger partial charge on any atom is 0.319 e. The Kier molecular flexibility index (Phi) is 9.34. The third kappa shape index (κ3) is 6.10. The summed E-state index contributed by atoms with van der Waals surface area (Å²) in [5.41, 5.74) is 3.98. The lowest BCUT2D eigenvalue weighted by Gasteiger charge is -2.45. The summed E-state index contributed by atoms with van der Waals surface area (Å²) in [6.45, 7) is 0.0151. The maximum atomic E-state index is 14.6. The van der Waals surface area contributed by atoms with E-state index in [1.54, 1.807) is 24.3 Å². The molecule has 2 amide bonds. The van der Waals surface area contributed by atoms with Crippen LogP contribution in [0.4, 0.5) is 4.79 Å². The molecule has 5 heterocycles. The number of nitrogens with one attached hydrogen (secondary N) is 1. The van der Waals surface area contributed by atoms with Gasteiger partial charge >= 0.3 is 6.03 Å². The number of carbonyl (C=O) groups is 1. The topological polar surface area (TPSA) is 101 Å². The Morgan fingerprint density at radius 3 is 1.57 bits per heavy atom. The van der Waals surface area contributed by atoms with Gasteiger partial charge in [-0.3, -0.25) is 4.90 Å². The second-order valence-corrected chi connectivity index (χ2v) is 16.8. The number of aryl methyl sites for hydroxylation is 2. The average molecular weight is 657 g/mol. The van der Waals surface area contributed by atoms with Crippen LogP contribution in [0.5, 0.6) is 0 Å². The van der Waals surface area contributed by atoms with Crippen LogP contribution in [-0.4, -0.2) is 44.6 Å². The molecule has 5 aliphatic heterocycles. The van der Waals surface area contributed by atoms with Crippen LogP contribution in [0.2, 0.25) is 0 Å². The van der Waals surface area contributed by atoms with Crippen LogP contribution < -0.4 is 5.32 Å². The first kappa shape index (κ1) is 32.0. The first-order valence-corrected chi connectivity index (χ1v) is 19.0. The van der Waals surface area contributed by atoms with Crippen molar-refractivity contribution in [1.29, 1.82) is 0 Å². The minimum atomic E-state index is -4.57. The number of amides is 2. The van der Waals surface area contributed by atoms with E-state index in [0.717, 1.165) is 41.7 Å². The number of hydrogen-bond donors (Lipinski definition) is 1. The number of hydrogen-bond acceptors (Lipinski definition) is 5. The largest absolute Gasteiger partial charge is 0.335 e. The SMILES string of the molecule is O=C(NC(CCCc1ccccc1)CCCc1ccccc1)N1CCCCC12S(=O)(=O)c1ccc(cc1)-c1ccc(cc1)S2(=O)=O. The highest BCUT2D eigenvalue weighted by Crippen LogP contribution is 2.46. The number of rotatable bonds is 9. The number of likely N-dealkylation sites (tertiary alicyclic amines) is 1. The molecular formula is C37H40N2O5S2. The molecule has 1 saturated heterocycles. The molecule has 240 valence electrons. The van der Waals surface area contributed by atoms with Gasteiger partial charge in [-0.15, -0.1) is 0 Å². The molecule has 0 radical (unpaired) electrons. The number of urea groups is 1. The average Bonchev–Trinajstić information content (AvgIpc) is 3.10. The first-order valence-electron chi connectivity index (χ1n) is 16.1. The van der Waals surface area contributed by atoms with Crippen molar-refractivity contribution in [3.05, 3.63) is 120 Å². The quantitative estimate of drug-likeness (QED) is 0.206. The van der Waals surface area contributed by atoms with E-state index in [1.807, 2.05) is 36.4 Å². The second kappa shape index (κ2) is 13.4. The number of carbonyl (C=O) groups excluding carboxylic acids is 1. The lowest BCUT2D eigenvalue weighted by atomic mass is 9.99. The van der Waals surface area contributed by atoms with Crippen LogP contribution in [-0.2, 0) is 32.5 Å². The Hall–Kier alpha value is -3.95. The van der Waals surface area contributed by atoms with E-state index in [2.05, 4.69) is 29.6 Å². The molecule has 7 nitrogen and oxygen atoms in total. The third-order valence-electron chi connectivity index (χ3n) is 9.33. The normalized spacial score (nSPS) is 17.5. The van der Waals surface area contributed by atoms with Crippen molar-refractivity contribution in [2.45, 2.75) is 77.8 Å². The van der Waals surface area contributed by atoms with E-state index >= 15 is 0 Å². The highest BCUT2D eigenvalue weighted by Gasteiger charge is 2.62. The molecule has 0 atom stereocenters. The zero-order valence-corrected chi connectivity index (χ0v) is 27.5. The van der Waals surface area contributed by atoms with Crippen LogP contribution in [0.1, 0.15) is 56.1 Å². The number of sulfone groups is 2. The van der Waals surface area contributed by atoms with Crippen molar-refractivity contribution in [2.75, 3.05) is 6.54 Å². The van der Waals surface area contributed by atoms with Crippen LogP contribution in [0, 0.1) is 0 Å². The first-order chi connectivity index (χ1) is 22.2. The van der Waals surface area contributed by atoms with Crippen molar-refractivity contribution < 1.29 is 21.6 Å². The summed E-state index contributed by atoms with van der Waals surface area (Å²) < 4.78 is 56.0. The third-order valence-corrected chi connectivity index (χ3v) is 15.0. The van der Waals surface area contributed by atoms with Gasteiger partial charge in [0.05, 0.1) is 9.79 Å². The Bertz CT molecular complexity index is 1740. The Morgan fingerprint density at radius 2 is 1.11 bits per heavy atom. The molecule has 4 aromatic carbocycles. The lowest BCUT2D eigenvalue weighted by Crippen LogP contribution is -2.65. The van der Waals surface area contributed by atoms with E-state index in [9.17, 15) is 21.6 Å². The fraction of sp³-hybridized carbons (Fsp3) is 0.324. The van der Waals surface area contributed by atoms with Gasteiger partial charge in [-0.2, -0.15) is 0 Å². The van der Waals surface area contributed by atoms with Crippen LogP contribution in [0.15, 0.2) is 119 Å². The fourth-order valence-corrected chi connectivity index (χ4v) is 12.1. The van der Waals surface area contributed by atoms with Crippen molar-refractivity contribution in [3.8, 4) is 11.1 Å². The molecule has 4 bridgehead atoms. The Labute approximate surface area is 272 Å². The number of nitrogens with zero attached hydrogens (tertiary/aromatic N) is 1. The van der Waals surface area contributed by atoms with E-state index in [-0.39, 0.29) is 28.8 Å². The molecule has 46 heavy (non-hydrogen) atoms. The van der Waals surface area contributed by atoms with E-state index in [4.69, 9.17) is 0 Å². The van der Waals surface area contributed by atoms with E-state index in [0.29, 0.717) is 25.7 Å². The van der Waals surface area contributed by atoms with Crippen molar-refractivity contribution >= 4 is 25.7 Å². The van der Waals surface area contributed by atoms with Gasteiger partial charge in [-0.25, -0.2) is 21.6 Å². The summed E-state index contributed by atoms with van der Waals surface area (Å²) in [4.78, 5) is 15.2. The molecule has 0 aromatic heterocycles. The molecular weight excluding hydrogens is 617 g/mol. The van der Waals surface area contributed by atoms with Gasteiger partial charge in [0.25, 0.3) is 4.20 Å². The van der Waals surface area contributed by atoms with Gasteiger partial charge in [-0.1, -0.05) is 84.9 Å². The molecule has 1 spiro atoms. The second-order valence-electron chi connectivity index (χ2n) is 12.3. The Balaban J connectivity index is 1.32. The molecule has 4 aromatic rings. The summed E-state index contributed by atoms with van der Waals surface area (Å²) in [6, 6.07) is 32.0. The molecule has 0 aliphatic carbocycles. The highest BCUT2D eigenvalue weighted by atomic mass is 32.3. The van der Waals surface area contributed by atoms with Gasteiger partial charge in [0.1, 0.15) is 0 Å². The van der Waals surface area contributed by atoms with Crippen molar-refractivity contribution in [1.82, 2.24) is 10.2 Å². The predicted octanol–water partition coefficient (Wildman–Crippen LogP) is 7.18. The van der Waals surface area contributed by atoms with Gasteiger partial charge < -0.3 is 5.32 Å². The minimum absolute atomic E-state index is 0.0151. The summed E-state index contributed by atoms with van der Waals surface area (Å²) >= 11 is 0. The Morgan fingerprint density at radius 1 is 0.652 bits per heavy atom. The number of piperidine rings is 1. The standard InChI is InChI=1S/C37H40N2O5S2/c40-36(38-33(17-9-15-29-11-3-1-4-12-29)18-10-16-30-13-5-2-6-14-30)39-28-8-7-27-37(39)45(41,42)34-23-19-31(20-24-34)32-21-25-35(26-22-32)46(37,43)44/h1-6,11-14,19-26,33H,7-10,15-18,27-28H2,(H,38,40). The predicted molar refractivity (Wildman–Crippen MR) is 181 cm³/mol. The molecule has 1 N–H and O–H groups in total. The molecule has 1 fully saturated rings. The van der Waals surface area contributed by atoms with Crippen molar-refractivity contribution in [2.24, 2.45) is 0 Å². The smallest absolute Gasteiger partial charge is 0.319 e. The van der Waals surface area contributed by atoms with Gasteiger partial charge in [-0.05, 0) is 97.9 Å². The van der Waals surface area contributed by atoms with Gasteiger partial charge in [0, 0.05) is 19.0 Å². The minimum Gasteiger partial charge on any atom is -0.335 e. The summed E-state index contributed by atoms with van der Waals surface area (Å²) in [5, 5.41) is 3.13. The molecule has 0 saturated carbocycles. The zero-order chi connectivity index (χ0) is 32.2. The van der Waals surface area contributed by atoms with E-state index in [1.165, 1.54) is 35.4 Å². The highest BCUT2D eigenvalue weighted by molar-refractivity contribution is 8.10. The summed E-state index contributed by atoms with van der Waals surface area (Å²) in [5.74, 6) is 0. The van der Waals surface area contributed by atoms with Crippen LogP contribution >= 0.6 is 0 Å². The zero-order valence-electron chi connectivity index (χ0n) is 25.8.